The van der Waals surface area contributed by atoms with Crippen LogP contribution in [0.15, 0.2) is 6.20 Å². The van der Waals surface area contributed by atoms with E-state index in [0.29, 0.717) is 36.3 Å². The number of amides is 1. The van der Waals surface area contributed by atoms with Crippen molar-refractivity contribution in [1.82, 2.24) is 29.8 Å². The molecule has 0 radical (unpaired) electrons. The average molecular weight is 571 g/mol. The predicted molar refractivity (Wildman–Crippen MR) is 145 cm³/mol. The number of aryl methyl sites for hydroxylation is 1. The number of carbonyl (C=O) groups excluding carboxylic acids is 1. The Labute approximate surface area is 232 Å². The van der Waals surface area contributed by atoms with Crippen LogP contribution in [0.4, 0.5) is 23.4 Å². The van der Waals surface area contributed by atoms with Crippen molar-refractivity contribution in [1.29, 1.82) is 0 Å². The summed E-state index contributed by atoms with van der Waals surface area (Å²) in [5, 5.41) is 7.04. The van der Waals surface area contributed by atoms with Gasteiger partial charge in [-0.15, -0.1) is 0 Å². The summed E-state index contributed by atoms with van der Waals surface area (Å²) in [4.78, 5) is 24.8. The molecule has 3 N–H and O–H groups in total. The molecular weight excluding hydrogens is 528 g/mol. The highest BCUT2D eigenvalue weighted by atomic mass is 19.3. The number of nitrogens with two attached hydrogens (primary N) is 1. The van der Waals surface area contributed by atoms with Gasteiger partial charge in [-0.25, -0.2) is 27.1 Å². The van der Waals surface area contributed by atoms with Gasteiger partial charge < -0.3 is 16.0 Å². The number of piperazine rings is 1. The highest BCUT2D eigenvalue weighted by Gasteiger charge is 2.50. The Balaban J connectivity index is 0.000000288. The Morgan fingerprint density at radius 1 is 1.20 bits per heavy atom. The number of hydrogen-bond donors (Lipinski definition) is 2. The lowest BCUT2D eigenvalue weighted by Crippen LogP contribution is -2.53. The highest BCUT2D eigenvalue weighted by molar-refractivity contribution is 5.75. The number of alkyl halides is 4. The van der Waals surface area contributed by atoms with Gasteiger partial charge >= 0.3 is 0 Å². The first-order valence-corrected chi connectivity index (χ1v) is 14.2. The fraction of sp³-hybridized carbons (Fsp3) is 0.778. The number of nitrogens with one attached hydrogen (secondary N) is 1. The standard InChI is InChI=1S/C20H29F2N7.C7H13F2NO/c1-13-17(28-10-9-27(2)19(12-28)7-8-19)25-18-24-15(11-29(18)26-13)16(23)14-3-5-20(21,22)6-4-14;1-3-6(11)10-5-4-7(2,8)9/h11,14,16H,3-10,12,23H2,1-2H3;3-5H2,1-2H3,(H,10,11). The first kappa shape index (κ1) is 30.4. The summed E-state index contributed by atoms with van der Waals surface area (Å²) in [5.41, 5.74) is 8.26. The fourth-order valence-electron chi connectivity index (χ4n) is 5.51. The van der Waals surface area contributed by atoms with Gasteiger partial charge in [0.05, 0.1) is 17.9 Å². The first-order valence-electron chi connectivity index (χ1n) is 14.2. The number of halogens is 4. The molecule has 1 unspecified atom stereocenters. The van der Waals surface area contributed by atoms with Crippen LogP contribution in [0.5, 0.6) is 0 Å². The summed E-state index contributed by atoms with van der Waals surface area (Å²) in [6, 6.07) is -0.364. The fourth-order valence-corrected chi connectivity index (χ4v) is 5.51. The monoisotopic (exact) mass is 570 g/mol. The van der Waals surface area contributed by atoms with Crippen molar-refractivity contribution in [3.05, 3.63) is 17.6 Å². The molecule has 5 rings (SSSR count). The van der Waals surface area contributed by atoms with Gasteiger partial charge in [0.25, 0.3) is 5.78 Å². The van der Waals surface area contributed by atoms with Gasteiger partial charge in [-0.05, 0) is 52.5 Å². The SMILES string of the molecule is CCC(=O)NCCC(C)(F)F.Cc1nn2cc(C(N)C3CCC(F)(F)CC3)nc2nc1N1CCN(C)C2(CC2)C1. The van der Waals surface area contributed by atoms with Gasteiger partial charge in [0.1, 0.15) is 5.69 Å². The molecular formula is C27H42F4N8O. The maximum Gasteiger partial charge on any atom is 0.252 e. The second kappa shape index (κ2) is 11.8. The van der Waals surface area contributed by atoms with Gasteiger partial charge in [0, 0.05) is 57.4 Å². The molecule has 3 fully saturated rings. The van der Waals surface area contributed by atoms with Crippen molar-refractivity contribution in [2.45, 2.75) is 95.6 Å². The van der Waals surface area contributed by atoms with Crippen LogP contribution < -0.4 is 16.0 Å². The summed E-state index contributed by atoms with van der Waals surface area (Å²) in [5.74, 6) is -3.98. The molecule has 9 nitrogen and oxygen atoms in total. The quantitative estimate of drug-likeness (QED) is 0.483. The Morgan fingerprint density at radius 2 is 1.88 bits per heavy atom. The molecule has 1 atom stereocenters. The third-order valence-electron chi connectivity index (χ3n) is 8.42. The number of nitrogens with zero attached hydrogens (tertiary/aromatic N) is 6. The molecule has 1 aliphatic heterocycles. The van der Waals surface area contributed by atoms with Crippen LogP contribution in [0.3, 0.4) is 0 Å². The van der Waals surface area contributed by atoms with Crippen molar-refractivity contribution in [2.24, 2.45) is 11.7 Å². The lowest BCUT2D eigenvalue weighted by Gasteiger charge is -2.40. The van der Waals surface area contributed by atoms with E-state index >= 15 is 0 Å². The lowest BCUT2D eigenvalue weighted by molar-refractivity contribution is -0.121. The van der Waals surface area contributed by atoms with E-state index in [9.17, 15) is 22.4 Å². The third-order valence-corrected chi connectivity index (χ3v) is 8.42. The van der Waals surface area contributed by atoms with Crippen LogP contribution in [0, 0.1) is 12.8 Å². The average Bonchev–Trinajstić information content (AvgIpc) is 3.53. The van der Waals surface area contributed by atoms with E-state index in [1.165, 1.54) is 12.8 Å². The number of anilines is 1. The van der Waals surface area contributed by atoms with E-state index < -0.39 is 11.8 Å². The number of aromatic nitrogens is 4. The second-order valence-corrected chi connectivity index (χ2v) is 11.7. The third kappa shape index (κ3) is 7.39. The molecule has 1 saturated heterocycles. The number of carbonyl (C=O) groups is 1. The Morgan fingerprint density at radius 3 is 2.48 bits per heavy atom. The molecule has 1 spiro atoms. The maximum absolute atomic E-state index is 13.5. The van der Waals surface area contributed by atoms with E-state index in [-0.39, 0.29) is 43.7 Å². The zero-order valence-corrected chi connectivity index (χ0v) is 23.9. The number of likely N-dealkylation sites (N-methyl/N-ethyl adjacent to an activating group) is 1. The van der Waals surface area contributed by atoms with E-state index in [2.05, 4.69) is 32.2 Å². The topological polar surface area (TPSA) is 105 Å². The molecule has 40 heavy (non-hydrogen) atoms. The highest BCUT2D eigenvalue weighted by Crippen LogP contribution is 2.44. The van der Waals surface area contributed by atoms with Crippen molar-refractivity contribution in [3.8, 4) is 0 Å². The maximum atomic E-state index is 13.5. The molecule has 2 aliphatic carbocycles. The normalized spacial score (nSPS) is 21.7. The van der Waals surface area contributed by atoms with Crippen molar-refractivity contribution >= 4 is 17.5 Å². The molecule has 3 aliphatic rings. The Kier molecular flexibility index (Phi) is 8.94. The van der Waals surface area contributed by atoms with E-state index in [0.717, 1.165) is 38.1 Å². The van der Waals surface area contributed by atoms with Gasteiger partial charge in [-0.1, -0.05) is 6.92 Å². The van der Waals surface area contributed by atoms with Crippen molar-refractivity contribution in [3.63, 3.8) is 0 Å². The minimum atomic E-state index is -2.68. The summed E-state index contributed by atoms with van der Waals surface area (Å²) >= 11 is 0. The summed E-state index contributed by atoms with van der Waals surface area (Å²) in [6.45, 7) is 7.46. The molecule has 3 heterocycles. The van der Waals surface area contributed by atoms with E-state index in [1.807, 2.05) is 13.1 Å². The van der Waals surface area contributed by atoms with Gasteiger partial charge in [-0.3, -0.25) is 9.69 Å². The van der Waals surface area contributed by atoms with Crippen LogP contribution in [-0.2, 0) is 4.79 Å². The number of rotatable bonds is 7. The van der Waals surface area contributed by atoms with Crippen LogP contribution in [0.1, 0.15) is 82.6 Å². The minimum Gasteiger partial charge on any atom is -0.356 e. The summed E-state index contributed by atoms with van der Waals surface area (Å²) in [6.07, 6.45) is 4.99. The number of hydrogen-bond acceptors (Lipinski definition) is 7. The van der Waals surface area contributed by atoms with Crippen molar-refractivity contribution in [2.75, 3.05) is 38.1 Å². The van der Waals surface area contributed by atoms with E-state index in [1.54, 1.807) is 11.4 Å². The Hall–Kier alpha value is -2.54. The lowest BCUT2D eigenvalue weighted by atomic mass is 9.81. The molecule has 2 aromatic heterocycles. The van der Waals surface area contributed by atoms with Crippen LogP contribution in [0.25, 0.3) is 5.78 Å². The second-order valence-electron chi connectivity index (χ2n) is 11.7. The van der Waals surface area contributed by atoms with Gasteiger partial charge in [0.15, 0.2) is 5.82 Å². The first-order chi connectivity index (χ1) is 18.7. The van der Waals surface area contributed by atoms with Crippen molar-refractivity contribution < 1.29 is 22.4 Å². The summed E-state index contributed by atoms with van der Waals surface area (Å²) in [7, 11) is 2.20. The molecule has 224 valence electrons. The zero-order valence-electron chi connectivity index (χ0n) is 23.9. The van der Waals surface area contributed by atoms with Crippen LogP contribution >= 0.6 is 0 Å². The predicted octanol–water partition coefficient (Wildman–Crippen LogP) is 4.10. The van der Waals surface area contributed by atoms with Gasteiger partial charge in [-0.2, -0.15) is 10.1 Å². The number of fused-ring (bicyclic) bond motifs is 1. The smallest absolute Gasteiger partial charge is 0.252 e. The summed E-state index contributed by atoms with van der Waals surface area (Å²) < 4.78 is 52.9. The Bertz CT molecular complexity index is 1170. The number of imidazole rings is 1. The molecule has 1 amide bonds. The zero-order chi connectivity index (χ0) is 29.3. The van der Waals surface area contributed by atoms with Gasteiger partial charge in [0.2, 0.25) is 17.8 Å². The molecule has 2 saturated carbocycles. The molecule has 0 aromatic carbocycles. The molecule has 2 aromatic rings. The van der Waals surface area contributed by atoms with Crippen LogP contribution in [-0.4, -0.2) is 81.0 Å². The largest absolute Gasteiger partial charge is 0.356 e. The molecule has 0 bridgehead atoms. The van der Waals surface area contributed by atoms with Crippen LogP contribution in [0.2, 0.25) is 0 Å². The minimum absolute atomic E-state index is 0.0208. The molecule has 13 heteroatoms. The van der Waals surface area contributed by atoms with E-state index in [4.69, 9.17) is 10.7 Å².